The maximum Gasteiger partial charge on any atom is 0.252 e. The van der Waals surface area contributed by atoms with Gasteiger partial charge in [0.25, 0.3) is 10.0 Å². The highest BCUT2D eigenvalue weighted by atomic mass is 32.2. The van der Waals surface area contributed by atoms with Crippen LogP contribution in [0.1, 0.15) is 17.7 Å². The molecule has 0 saturated heterocycles. The van der Waals surface area contributed by atoms with Crippen molar-refractivity contribution < 1.29 is 13.2 Å². The SMILES string of the molecule is Cc1[nH]ncc1CCCNC(=O)CN(C)S(=O)(=O)c1cccs1. The summed E-state index contributed by atoms with van der Waals surface area (Å²) < 4.78 is 25.7. The molecule has 0 fully saturated rings. The summed E-state index contributed by atoms with van der Waals surface area (Å²) >= 11 is 1.14. The predicted octanol–water partition coefficient (Wildman–Crippen LogP) is 1.15. The number of carbonyl (C=O) groups is 1. The summed E-state index contributed by atoms with van der Waals surface area (Å²) in [4.78, 5) is 11.9. The van der Waals surface area contributed by atoms with Crippen molar-refractivity contribution in [3.8, 4) is 0 Å². The average molecular weight is 356 g/mol. The van der Waals surface area contributed by atoms with Gasteiger partial charge in [-0.15, -0.1) is 11.3 Å². The molecule has 2 rings (SSSR count). The van der Waals surface area contributed by atoms with Gasteiger partial charge in [-0.25, -0.2) is 8.42 Å². The number of hydrogen-bond donors (Lipinski definition) is 2. The molecule has 9 heteroatoms. The van der Waals surface area contributed by atoms with Gasteiger partial charge in [-0.2, -0.15) is 9.40 Å². The fourth-order valence-corrected chi connectivity index (χ4v) is 4.37. The number of H-pyrrole nitrogens is 1. The Morgan fingerprint density at radius 3 is 2.87 bits per heavy atom. The van der Waals surface area contributed by atoms with Crippen molar-refractivity contribution in [3.63, 3.8) is 0 Å². The van der Waals surface area contributed by atoms with Crippen LogP contribution in [-0.4, -0.2) is 49.0 Å². The van der Waals surface area contributed by atoms with Gasteiger partial charge >= 0.3 is 0 Å². The first-order chi connectivity index (χ1) is 10.9. The van der Waals surface area contributed by atoms with E-state index in [9.17, 15) is 13.2 Å². The molecule has 0 aliphatic heterocycles. The number of rotatable bonds is 8. The number of hydrogen-bond acceptors (Lipinski definition) is 5. The number of amides is 1. The standard InChI is InChI=1S/C14H20N4O3S2/c1-11-12(9-16-17-11)5-3-7-15-13(19)10-18(2)23(20,21)14-6-4-8-22-14/h4,6,8-9H,3,5,7,10H2,1-2H3,(H,15,19)(H,16,17). The third kappa shape index (κ3) is 4.63. The minimum absolute atomic E-state index is 0.190. The molecular formula is C14H20N4O3S2. The Labute approximate surface area is 139 Å². The Morgan fingerprint density at radius 1 is 1.48 bits per heavy atom. The fraction of sp³-hybridized carbons (Fsp3) is 0.429. The molecule has 0 saturated carbocycles. The van der Waals surface area contributed by atoms with E-state index in [0.717, 1.165) is 39.7 Å². The van der Waals surface area contributed by atoms with Gasteiger partial charge in [0.05, 0.1) is 12.7 Å². The zero-order chi connectivity index (χ0) is 16.9. The molecule has 0 bridgehead atoms. The molecule has 7 nitrogen and oxygen atoms in total. The second kappa shape index (κ2) is 7.71. The Morgan fingerprint density at radius 2 is 2.26 bits per heavy atom. The van der Waals surface area contributed by atoms with E-state index in [1.165, 1.54) is 13.1 Å². The van der Waals surface area contributed by atoms with Gasteiger partial charge in [0.2, 0.25) is 5.91 Å². The molecule has 126 valence electrons. The smallest absolute Gasteiger partial charge is 0.252 e. The van der Waals surface area contributed by atoms with Gasteiger partial charge in [-0.05, 0) is 36.8 Å². The lowest BCUT2D eigenvalue weighted by Crippen LogP contribution is -2.38. The van der Waals surface area contributed by atoms with Crippen LogP contribution in [0.25, 0.3) is 0 Å². The zero-order valence-electron chi connectivity index (χ0n) is 13.1. The van der Waals surface area contributed by atoms with Crippen LogP contribution in [0, 0.1) is 6.92 Å². The maximum atomic E-state index is 12.2. The summed E-state index contributed by atoms with van der Waals surface area (Å²) in [6.07, 6.45) is 3.36. The van der Waals surface area contributed by atoms with Crippen molar-refractivity contribution in [2.45, 2.75) is 24.0 Å². The van der Waals surface area contributed by atoms with E-state index < -0.39 is 10.0 Å². The first kappa shape index (κ1) is 17.6. The molecule has 0 aliphatic rings. The number of aromatic nitrogens is 2. The van der Waals surface area contributed by atoms with Crippen LogP contribution >= 0.6 is 11.3 Å². The van der Waals surface area contributed by atoms with Gasteiger partial charge < -0.3 is 5.32 Å². The fourth-order valence-electron chi connectivity index (χ4n) is 2.04. The molecule has 1 amide bonds. The summed E-state index contributed by atoms with van der Waals surface area (Å²) in [6.45, 7) is 2.26. The summed E-state index contributed by atoms with van der Waals surface area (Å²) in [7, 11) is -2.18. The van der Waals surface area contributed by atoms with Crippen LogP contribution in [0.4, 0.5) is 0 Å². The summed E-state index contributed by atoms with van der Waals surface area (Å²) in [5, 5.41) is 11.2. The van der Waals surface area contributed by atoms with Crippen molar-refractivity contribution in [1.29, 1.82) is 0 Å². The first-order valence-electron chi connectivity index (χ1n) is 7.16. The lowest BCUT2D eigenvalue weighted by atomic mass is 10.1. The second-order valence-corrected chi connectivity index (χ2v) is 8.39. The molecule has 0 aliphatic carbocycles. The number of nitrogens with one attached hydrogen (secondary N) is 2. The largest absolute Gasteiger partial charge is 0.355 e. The number of sulfonamides is 1. The second-order valence-electron chi connectivity index (χ2n) is 5.17. The van der Waals surface area contributed by atoms with E-state index in [1.807, 2.05) is 6.92 Å². The van der Waals surface area contributed by atoms with Crippen molar-refractivity contribution in [2.75, 3.05) is 20.1 Å². The first-order valence-corrected chi connectivity index (χ1v) is 9.48. The topological polar surface area (TPSA) is 95.2 Å². The zero-order valence-corrected chi connectivity index (χ0v) is 14.7. The van der Waals surface area contributed by atoms with E-state index in [0.29, 0.717) is 6.54 Å². The van der Waals surface area contributed by atoms with Crippen molar-refractivity contribution >= 4 is 27.3 Å². The lowest BCUT2D eigenvalue weighted by Gasteiger charge is -2.15. The van der Waals surface area contributed by atoms with Gasteiger partial charge in [0, 0.05) is 19.3 Å². The quantitative estimate of drug-likeness (QED) is 0.694. The van der Waals surface area contributed by atoms with E-state index >= 15 is 0 Å². The number of aromatic amines is 1. The van der Waals surface area contributed by atoms with E-state index in [-0.39, 0.29) is 16.7 Å². The Kier molecular flexibility index (Phi) is 5.91. The van der Waals surface area contributed by atoms with Crippen LogP contribution in [0.2, 0.25) is 0 Å². The maximum absolute atomic E-state index is 12.2. The Hall–Kier alpha value is -1.71. The number of carbonyl (C=O) groups excluding carboxylic acids is 1. The van der Waals surface area contributed by atoms with Gasteiger partial charge in [-0.1, -0.05) is 6.07 Å². The highest BCUT2D eigenvalue weighted by Crippen LogP contribution is 2.19. The number of likely N-dealkylation sites (N-methyl/N-ethyl adjacent to an activating group) is 1. The van der Waals surface area contributed by atoms with Gasteiger partial charge in [-0.3, -0.25) is 9.89 Å². The Balaban J connectivity index is 1.75. The summed E-state index contributed by atoms with van der Waals surface area (Å²) in [5.74, 6) is -0.309. The molecule has 2 aromatic heterocycles. The van der Waals surface area contributed by atoms with Crippen LogP contribution < -0.4 is 5.32 Å². The lowest BCUT2D eigenvalue weighted by molar-refractivity contribution is -0.121. The average Bonchev–Trinajstić information content (AvgIpc) is 3.15. The molecule has 0 aromatic carbocycles. The third-order valence-corrected chi connectivity index (χ3v) is 6.58. The molecule has 0 spiro atoms. The molecule has 0 atom stereocenters. The number of thiophene rings is 1. The van der Waals surface area contributed by atoms with Crippen LogP contribution in [0.5, 0.6) is 0 Å². The van der Waals surface area contributed by atoms with E-state index in [4.69, 9.17) is 0 Å². The van der Waals surface area contributed by atoms with Gasteiger partial charge in [0.15, 0.2) is 0 Å². The summed E-state index contributed by atoms with van der Waals surface area (Å²) in [6, 6.07) is 3.20. The highest BCUT2D eigenvalue weighted by Gasteiger charge is 2.23. The highest BCUT2D eigenvalue weighted by molar-refractivity contribution is 7.91. The van der Waals surface area contributed by atoms with Crippen molar-refractivity contribution in [1.82, 2.24) is 19.8 Å². The normalized spacial score (nSPS) is 11.8. The van der Waals surface area contributed by atoms with Crippen LogP contribution in [0.15, 0.2) is 27.9 Å². The summed E-state index contributed by atoms with van der Waals surface area (Å²) in [5.41, 5.74) is 2.15. The molecule has 2 N–H and O–H groups in total. The molecular weight excluding hydrogens is 336 g/mol. The predicted molar refractivity (Wildman–Crippen MR) is 88.8 cm³/mol. The number of nitrogens with zero attached hydrogens (tertiary/aromatic N) is 2. The molecule has 23 heavy (non-hydrogen) atoms. The molecule has 2 heterocycles. The number of aryl methyl sites for hydroxylation is 2. The third-order valence-electron chi connectivity index (χ3n) is 3.41. The van der Waals surface area contributed by atoms with E-state index in [2.05, 4.69) is 15.5 Å². The minimum Gasteiger partial charge on any atom is -0.355 e. The molecule has 0 radical (unpaired) electrons. The van der Waals surface area contributed by atoms with Gasteiger partial charge in [0.1, 0.15) is 4.21 Å². The molecule has 0 unspecified atom stereocenters. The van der Waals surface area contributed by atoms with Crippen LogP contribution in [0.3, 0.4) is 0 Å². The van der Waals surface area contributed by atoms with E-state index in [1.54, 1.807) is 17.6 Å². The van der Waals surface area contributed by atoms with Crippen LogP contribution in [-0.2, 0) is 21.2 Å². The van der Waals surface area contributed by atoms with Crippen molar-refractivity contribution in [3.05, 3.63) is 35.0 Å². The van der Waals surface area contributed by atoms with Crippen molar-refractivity contribution in [2.24, 2.45) is 0 Å². The minimum atomic E-state index is -3.58. The monoisotopic (exact) mass is 356 g/mol. The Bertz CT molecular complexity index is 738. The molecule has 2 aromatic rings.